The molecule has 0 saturated carbocycles. The number of nitrogens with zero attached hydrogens (tertiary/aromatic N) is 1. The molecule has 0 spiro atoms. The topological polar surface area (TPSA) is 54.9 Å². The lowest BCUT2D eigenvalue weighted by Crippen LogP contribution is -2.37. The minimum atomic E-state index is 0.316. The van der Waals surface area contributed by atoms with Crippen LogP contribution in [0.2, 0.25) is 0 Å². The quantitative estimate of drug-likeness (QED) is 0.412. The number of aliphatic imine (C=N–C) groups is 1. The van der Waals surface area contributed by atoms with Crippen LogP contribution in [-0.2, 0) is 22.4 Å². The van der Waals surface area contributed by atoms with E-state index < -0.39 is 0 Å². The molecule has 1 unspecified atom stereocenters. The van der Waals surface area contributed by atoms with Crippen LogP contribution in [0.15, 0.2) is 17.1 Å². The first-order valence-electron chi connectivity index (χ1n) is 8.53. The highest BCUT2D eigenvalue weighted by Crippen LogP contribution is 2.16. The Labute approximate surface area is 143 Å². The van der Waals surface area contributed by atoms with Gasteiger partial charge in [-0.2, -0.15) is 0 Å². The monoisotopic (exact) mass is 339 g/mol. The van der Waals surface area contributed by atoms with Crippen molar-refractivity contribution in [3.8, 4) is 0 Å². The normalized spacial score (nSPS) is 18.3. The summed E-state index contributed by atoms with van der Waals surface area (Å²) in [6.07, 6.45) is 4.69. The van der Waals surface area contributed by atoms with Crippen molar-refractivity contribution < 1.29 is 9.47 Å². The average molecular weight is 340 g/mol. The Balaban J connectivity index is 1.52. The maximum Gasteiger partial charge on any atom is 0.191 e. The minimum Gasteiger partial charge on any atom is -0.379 e. The van der Waals surface area contributed by atoms with Crippen molar-refractivity contribution in [1.82, 2.24) is 10.6 Å². The molecule has 1 aromatic rings. The van der Waals surface area contributed by atoms with Crippen LogP contribution >= 0.6 is 11.3 Å². The Morgan fingerprint density at radius 1 is 1.39 bits per heavy atom. The molecule has 2 heterocycles. The van der Waals surface area contributed by atoms with Crippen LogP contribution < -0.4 is 10.6 Å². The molecule has 0 aliphatic carbocycles. The lowest BCUT2D eigenvalue weighted by molar-refractivity contribution is 0.0168. The smallest absolute Gasteiger partial charge is 0.191 e. The van der Waals surface area contributed by atoms with E-state index in [0.717, 1.165) is 58.1 Å². The lowest BCUT2D eigenvalue weighted by Gasteiger charge is -2.12. The summed E-state index contributed by atoms with van der Waals surface area (Å²) in [6, 6.07) is 4.38. The van der Waals surface area contributed by atoms with E-state index in [1.54, 1.807) is 7.05 Å². The molecule has 0 bridgehead atoms. The third-order valence-electron chi connectivity index (χ3n) is 3.81. The summed E-state index contributed by atoms with van der Waals surface area (Å²) in [5.41, 5.74) is 0. The van der Waals surface area contributed by atoms with Gasteiger partial charge < -0.3 is 20.1 Å². The van der Waals surface area contributed by atoms with Gasteiger partial charge in [-0.15, -0.1) is 11.3 Å². The number of guanidine groups is 1. The van der Waals surface area contributed by atoms with Gasteiger partial charge >= 0.3 is 0 Å². The van der Waals surface area contributed by atoms with Crippen LogP contribution in [0.1, 0.15) is 35.9 Å². The summed E-state index contributed by atoms with van der Waals surface area (Å²) in [5, 5.41) is 6.67. The number of hydrogen-bond donors (Lipinski definition) is 2. The van der Waals surface area contributed by atoms with Crippen molar-refractivity contribution >= 4 is 17.3 Å². The Morgan fingerprint density at radius 3 is 2.96 bits per heavy atom. The van der Waals surface area contributed by atoms with Crippen LogP contribution in [0, 0.1) is 0 Å². The van der Waals surface area contributed by atoms with Crippen molar-refractivity contribution in [2.24, 2.45) is 4.99 Å². The minimum absolute atomic E-state index is 0.316. The van der Waals surface area contributed by atoms with Gasteiger partial charge in [0, 0.05) is 36.6 Å². The molecule has 0 aromatic carbocycles. The van der Waals surface area contributed by atoms with Gasteiger partial charge in [0.25, 0.3) is 0 Å². The number of rotatable bonds is 9. The van der Waals surface area contributed by atoms with Crippen molar-refractivity contribution in [1.29, 1.82) is 0 Å². The van der Waals surface area contributed by atoms with E-state index in [4.69, 9.17) is 9.47 Å². The van der Waals surface area contributed by atoms with E-state index >= 15 is 0 Å². The highest BCUT2D eigenvalue weighted by atomic mass is 32.1. The number of hydrogen-bond acceptors (Lipinski definition) is 4. The zero-order valence-corrected chi connectivity index (χ0v) is 15.1. The fraction of sp³-hybridized carbons (Fsp3) is 0.706. The largest absolute Gasteiger partial charge is 0.379 e. The van der Waals surface area contributed by atoms with E-state index in [0.29, 0.717) is 6.10 Å². The standard InChI is InChI=1S/C17H29N3O2S/c1-3-15-7-8-16(23-15)12-20-17(18-2)19-9-5-10-21-13-14-6-4-11-22-14/h7-8,14H,3-6,9-13H2,1-2H3,(H2,18,19,20). The van der Waals surface area contributed by atoms with E-state index in [9.17, 15) is 0 Å². The molecule has 1 aliphatic rings. The van der Waals surface area contributed by atoms with Gasteiger partial charge in [-0.25, -0.2) is 0 Å². The zero-order valence-electron chi connectivity index (χ0n) is 14.3. The molecule has 1 saturated heterocycles. The predicted molar refractivity (Wildman–Crippen MR) is 96.3 cm³/mol. The average Bonchev–Trinajstić information content (AvgIpc) is 3.25. The SMILES string of the molecule is CCc1ccc(CNC(=NC)NCCCOCC2CCCO2)s1. The summed E-state index contributed by atoms with van der Waals surface area (Å²) < 4.78 is 11.2. The fourth-order valence-corrected chi connectivity index (χ4v) is 3.37. The molecule has 5 nitrogen and oxygen atoms in total. The van der Waals surface area contributed by atoms with Gasteiger partial charge in [0.2, 0.25) is 0 Å². The van der Waals surface area contributed by atoms with Gasteiger partial charge in [-0.1, -0.05) is 6.92 Å². The van der Waals surface area contributed by atoms with Gasteiger partial charge in [0.05, 0.1) is 19.3 Å². The van der Waals surface area contributed by atoms with Crippen LogP contribution in [0.5, 0.6) is 0 Å². The summed E-state index contributed by atoms with van der Waals surface area (Å²) >= 11 is 1.86. The van der Waals surface area contributed by atoms with Crippen LogP contribution in [0.25, 0.3) is 0 Å². The first-order valence-corrected chi connectivity index (χ1v) is 9.35. The second-order valence-electron chi connectivity index (χ2n) is 5.64. The molecule has 1 aliphatic heterocycles. The Hall–Kier alpha value is -1.11. The Morgan fingerprint density at radius 2 is 2.26 bits per heavy atom. The van der Waals surface area contributed by atoms with Gasteiger partial charge in [0.15, 0.2) is 5.96 Å². The number of aryl methyl sites for hydroxylation is 1. The zero-order chi connectivity index (χ0) is 16.3. The maximum atomic E-state index is 5.65. The van der Waals surface area contributed by atoms with Crippen LogP contribution in [0.3, 0.4) is 0 Å². The Kier molecular flexibility index (Phi) is 8.42. The molecule has 1 fully saturated rings. The van der Waals surface area contributed by atoms with Gasteiger partial charge in [0.1, 0.15) is 0 Å². The molecule has 1 aromatic heterocycles. The summed E-state index contributed by atoms with van der Waals surface area (Å²) in [5.74, 6) is 0.843. The summed E-state index contributed by atoms with van der Waals surface area (Å²) in [6.45, 7) is 6.24. The molecule has 130 valence electrons. The van der Waals surface area contributed by atoms with E-state index in [1.807, 2.05) is 11.3 Å². The Bertz CT molecular complexity index is 470. The summed E-state index contributed by atoms with van der Waals surface area (Å²) in [4.78, 5) is 7.01. The third kappa shape index (κ3) is 6.89. The highest BCUT2D eigenvalue weighted by Gasteiger charge is 2.14. The fourth-order valence-electron chi connectivity index (χ4n) is 2.47. The molecule has 2 N–H and O–H groups in total. The third-order valence-corrected chi connectivity index (χ3v) is 5.03. The molecule has 0 amide bonds. The molecular weight excluding hydrogens is 310 g/mol. The second kappa shape index (κ2) is 10.6. The number of nitrogens with one attached hydrogen (secondary N) is 2. The molecule has 0 radical (unpaired) electrons. The molecule has 2 rings (SSSR count). The molecule has 1 atom stereocenters. The van der Waals surface area contributed by atoms with Gasteiger partial charge in [-0.05, 0) is 37.8 Å². The van der Waals surface area contributed by atoms with Crippen molar-refractivity contribution in [2.75, 3.05) is 33.4 Å². The van der Waals surface area contributed by atoms with E-state index in [1.165, 1.54) is 16.2 Å². The van der Waals surface area contributed by atoms with E-state index in [2.05, 4.69) is 34.7 Å². The van der Waals surface area contributed by atoms with Crippen molar-refractivity contribution in [3.05, 3.63) is 21.9 Å². The molecular formula is C17H29N3O2S. The van der Waals surface area contributed by atoms with Crippen LogP contribution in [0.4, 0.5) is 0 Å². The predicted octanol–water partition coefficient (Wildman–Crippen LogP) is 2.56. The number of thiophene rings is 1. The van der Waals surface area contributed by atoms with E-state index in [-0.39, 0.29) is 0 Å². The number of ether oxygens (including phenoxy) is 2. The van der Waals surface area contributed by atoms with Crippen molar-refractivity contribution in [2.45, 2.75) is 45.3 Å². The maximum absolute atomic E-state index is 5.65. The first-order chi connectivity index (χ1) is 11.3. The first kappa shape index (κ1) is 18.2. The highest BCUT2D eigenvalue weighted by molar-refractivity contribution is 7.11. The van der Waals surface area contributed by atoms with Gasteiger partial charge in [-0.3, -0.25) is 4.99 Å². The summed E-state index contributed by atoms with van der Waals surface area (Å²) in [7, 11) is 1.80. The lowest BCUT2D eigenvalue weighted by atomic mass is 10.2. The molecule has 23 heavy (non-hydrogen) atoms. The van der Waals surface area contributed by atoms with Crippen molar-refractivity contribution in [3.63, 3.8) is 0 Å². The van der Waals surface area contributed by atoms with Crippen LogP contribution in [-0.4, -0.2) is 45.5 Å². The second-order valence-corrected chi connectivity index (χ2v) is 6.89. The molecule has 6 heteroatoms.